The molecule has 7 aromatic carbocycles. The van der Waals surface area contributed by atoms with Crippen molar-refractivity contribution in [2.75, 3.05) is 0 Å². The number of hydrogen-bond donors (Lipinski definition) is 0. The molecule has 0 atom stereocenters. The van der Waals surface area contributed by atoms with E-state index in [0.717, 1.165) is 90.1 Å². The zero-order valence-electron chi connectivity index (χ0n) is 28.0. The fraction of sp³-hybridized carbons (Fsp3) is 0.0426. The molecule has 0 spiro atoms. The van der Waals surface area contributed by atoms with Gasteiger partial charge in [0, 0.05) is 32.8 Å². The Morgan fingerprint density at radius 3 is 2.02 bits per heavy atom. The van der Waals surface area contributed by atoms with Gasteiger partial charge in [-0.05, 0) is 75.8 Å². The first-order valence-electron chi connectivity index (χ1n) is 17.7. The molecule has 0 radical (unpaired) electrons. The molecule has 244 valence electrons. The predicted molar refractivity (Wildman–Crippen MR) is 210 cm³/mol. The van der Waals surface area contributed by atoms with E-state index in [-0.39, 0.29) is 0 Å². The summed E-state index contributed by atoms with van der Waals surface area (Å²) in [6.45, 7) is 0. The van der Waals surface area contributed by atoms with E-state index in [0.29, 0.717) is 17.5 Å². The zero-order valence-corrected chi connectivity index (χ0v) is 28.0. The SMILES string of the molecule is C1=C(c2nc(-c3ccc4ccccc4c3)nc(-c3cc(-c4cccc5ccccc45)cc4oc5ccccc5c34)n2)c2oc3ccccc3c2CC1. The molecule has 0 amide bonds. The first kappa shape index (κ1) is 28.9. The molecule has 0 saturated carbocycles. The Hall–Kier alpha value is -6.85. The third-order valence-electron chi connectivity index (χ3n) is 10.4. The molecule has 0 fully saturated rings. The highest BCUT2D eigenvalue weighted by Gasteiger charge is 2.26. The van der Waals surface area contributed by atoms with Gasteiger partial charge in [-0.3, -0.25) is 0 Å². The van der Waals surface area contributed by atoms with E-state index in [1.807, 2.05) is 24.3 Å². The minimum absolute atomic E-state index is 0.580. The lowest BCUT2D eigenvalue weighted by molar-refractivity contribution is 0.590. The maximum atomic E-state index is 6.58. The average molecular weight is 668 g/mol. The second-order valence-electron chi connectivity index (χ2n) is 13.5. The maximum Gasteiger partial charge on any atom is 0.167 e. The monoisotopic (exact) mass is 667 g/mol. The number of fused-ring (bicyclic) bond motifs is 8. The van der Waals surface area contributed by atoms with Crippen LogP contribution in [0.15, 0.2) is 161 Å². The van der Waals surface area contributed by atoms with Gasteiger partial charge in [0.2, 0.25) is 0 Å². The molecule has 3 heterocycles. The zero-order chi connectivity index (χ0) is 34.2. The summed E-state index contributed by atoms with van der Waals surface area (Å²) in [7, 11) is 0. The molecule has 11 rings (SSSR count). The Bertz CT molecular complexity index is 3090. The molecular formula is C47H29N3O2. The summed E-state index contributed by atoms with van der Waals surface area (Å²) in [6, 6.07) is 50.5. The van der Waals surface area contributed by atoms with Crippen molar-refractivity contribution in [2.45, 2.75) is 12.8 Å². The van der Waals surface area contributed by atoms with Crippen LogP contribution in [0.25, 0.3) is 93.9 Å². The third-order valence-corrected chi connectivity index (χ3v) is 10.4. The summed E-state index contributed by atoms with van der Waals surface area (Å²) >= 11 is 0. The number of nitrogens with zero attached hydrogens (tertiary/aromatic N) is 3. The summed E-state index contributed by atoms with van der Waals surface area (Å²) in [4.78, 5) is 15.8. The van der Waals surface area contributed by atoms with E-state index in [1.165, 1.54) is 16.3 Å². The molecule has 52 heavy (non-hydrogen) atoms. The Kier molecular flexibility index (Phi) is 6.31. The fourth-order valence-corrected chi connectivity index (χ4v) is 7.95. The van der Waals surface area contributed by atoms with Gasteiger partial charge in [0.1, 0.15) is 22.5 Å². The Balaban J connectivity index is 1.21. The molecule has 0 N–H and O–H groups in total. The van der Waals surface area contributed by atoms with Crippen LogP contribution < -0.4 is 0 Å². The molecule has 10 aromatic rings. The van der Waals surface area contributed by atoms with E-state index in [9.17, 15) is 0 Å². The number of allylic oxidation sites excluding steroid dienone is 1. The van der Waals surface area contributed by atoms with Crippen LogP contribution >= 0.6 is 0 Å². The van der Waals surface area contributed by atoms with Gasteiger partial charge < -0.3 is 8.83 Å². The van der Waals surface area contributed by atoms with Crippen LogP contribution in [0.1, 0.15) is 23.6 Å². The number of aromatic nitrogens is 3. The molecule has 5 heteroatoms. The summed E-state index contributed by atoms with van der Waals surface area (Å²) in [6.07, 6.45) is 3.98. The van der Waals surface area contributed by atoms with Gasteiger partial charge in [-0.15, -0.1) is 0 Å². The van der Waals surface area contributed by atoms with E-state index in [1.54, 1.807) is 0 Å². The van der Waals surface area contributed by atoms with Gasteiger partial charge in [0.05, 0.1) is 5.57 Å². The van der Waals surface area contributed by atoms with Crippen molar-refractivity contribution in [1.29, 1.82) is 0 Å². The van der Waals surface area contributed by atoms with Crippen LogP contribution in [0.2, 0.25) is 0 Å². The maximum absolute atomic E-state index is 6.58. The molecule has 1 aliphatic carbocycles. The van der Waals surface area contributed by atoms with Crippen LogP contribution in [0.3, 0.4) is 0 Å². The van der Waals surface area contributed by atoms with Crippen molar-refractivity contribution in [3.63, 3.8) is 0 Å². The second-order valence-corrected chi connectivity index (χ2v) is 13.5. The van der Waals surface area contributed by atoms with Crippen LogP contribution in [0, 0.1) is 0 Å². The lowest BCUT2D eigenvalue weighted by atomic mass is 9.94. The standard InChI is InChI=1S/C47H29N3O2/c1-2-13-30-25-31(24-23-28(30)11-1)45-48-46(38-20-10-19-36-35-16-5-7-21-40(35)52-44(36)38)50-47(49-45)39-26-32(34-18-9-14-29-12-3-4-15-33(29)34)27-42-43(39)37-17-6-8-22-41(37)51-42/h1-9,11-18,20-27H,10,19H2. The van der Waals surface area contributed by atoms with Gasteiger partial charge >= 0.3 is 0 Å². The summed E-state index contributed by atoms with van der Waals surface area (Å²) in [5.74, 6) is 2.60. The number of hydrogen-bond acceptors (Lipinski definition) is 5. The summed E-state index contributed by atoms with van der Waals surface area (Å²) in [5.41, 5.74) is 8.52. The molecule has 0 aliphatic heterocycles. The van der Waals surface area contributed by atoms with Crippen molar-refractivity contribution < 1.29 is 8.83 Å². The van der Waals surface area contributed by atoms with Crippen molar-refractivity contribution in [1.82, 2.24) is 15.0 Å². The van der Waals surface area contributed by atoms with Crippen molar-refractivity contribution in [3.05, 3.63) is 169 Å². The minimum atomic E-state index is 0.580. The number of benzene rings is 7. The van der Waals surface area contributed by atoms with Gasteiger partial charge in [-0.2, -0.15) is 0 Å². The number of furan rings is 2. The Morgan fingerprint density at radius 1 is 0.442 bits per heavy atom. The van der Waals surface area contributed by atoms with E-state index in [4.69, 9.17) is 23.8 Å². The van der Waals surface area contributed by atoms with Crippen LogP contribution in [-0.2, 0) is 6.42 Å². The molecule has 0 bridgehead atoms. The van der Waals surface area contributed by atoms with Crippen molar-refractivity contribution in [2.24, 2.45) is 0 Å². The van der Waals surface area contributed by atoms with Crippen LogP contribution in [0.5, 0.6) is 0 Å². The van der Waals surface area contributed by atoms with Crippen LogP contribution in [-0.4, -0.2) is 15.0 Å². The van der Waals surface area contributed by atoms with Gasteiger partial charge in [-0.1, -0.05) is 121 Å². The highest BCUT2D eigenvalue weighted by molar-refractivity contribution is 6.14. The minimum Gasteiger partial charge on any atom is -0.456 e. The topological polar surface area (TPSA) is 65.0 Å². The first-order valence-corrected chi connectivity index (χ1v) is 17.7. The smallest absolute Gasteiger partial charge is 0.167 e. The van der Waals surface area contributed by atoms with Crippen LogP contribution in [0.4, 0.5) is 0 Å². The molecular weight excluding hydrogens is 639 g/mol. The Morgan fingerprint density at radius 2 is 1.13 bits per heavy atom. The fourth-order valence-electron chi connectivity index (χ4n) is 7.95. The Labute approximate surface area is 298 Å². The largest absolute Gasteiger partial charge is 0.456 e. The summed E-state index contributed by atoms with van der Waals surface area (Å²) in [5, 5.41) is 7.77. The van der Waals surface area contributed by atoms with Gasteiger partial charge in [0.15, 0.2) is 17.5 Å². The number of aryl methyl sites for hydroxylation is 1. The average Bonchev–Trinajstić information content (AvgIpc) is 3.78. The molecule has 5 nitrogen and oxygen atoms in total. The highest BCUT2D eigenvalue weighted by Crippen LogP contribution is 2.42. The number of rotatable bonds is 4. The van der Waals surface area contributed by atoms with Gasteiger partial charge in [-0.25, -0.2) is 15.0 Å². The van der Waals surface area contributed by atoms with Gasteiger partial charge in [0.25, 0.3) is 0 Å². The van der Waals surface area contributed by atoms with Crippen molar-refractivity contribution in [3.8, 4) is 33.9 Å². The van der Waals surface area contributed by atoms with E-state index < -0.39 is 0 Å². The first-order chi connectivity index (χ1) is 25.7. The quantitative estimate of drug-likeness (QED) is 0.187. The molecule has 3 aromatic heterocycles. The highest BCUT2D eigenvalue weighted by atomic mass is 16.3. The lowest BCUT2D eigenvalue weighted by Gasteiger charge is -2.15. The lowest BCUT2D eigenvalue weighted by Crippen LogP contribution is -2.06. The third kappa shape index (κ3) is 4.53. The van der Waals surface area contributed by atoms with E-state index in [2.05, 4.69) is 127 Å². The van der Waals surface area contributed by atoms with Crippen molar-refractivity contribution >= 4 is 60.0 Å². The second kappa shape index (κ2) is 11.3. The predicted octanol–water partition coefficient (Wildman–Crippen LogP) is 12.2. The molecule has 0 unspecified atom stereocenters. The molecule has 0 saturated heterocycles. The number of para-hydroxylation sites is 2. The molecule has 1 aliphatic rings. The van der Waals surface area contributed by atoms with E-state index >= 15 is 0 Å². The summed E-state index contributed by atoms with van der Waals surface area (Å²) < 4.78 is 13.1. The normalized spacial score (nSPS) is 13.0.